The molecule has 0 unspecified atom stereocenters. The summed E-state index contributed by atoms with van der Waals surface area (Å²) < 4.78 is 5.24. The molecule has 0 saturated heterocycles. The van der Waals surface area contributed by atoms with Crippen molar-refractivity contribution in [2.45, 2.75) is 31.2 Å². The summed E-state index contributed by atoms with van der Waals surface area (Å²) in [6.45, 7) is 0.472. The van der Waals surface area contributed by atoms with Crippen LogP contribution in [0, 0.1) is 10.1 Å². The van der Waals surface area contributed by atoms with E-state index >= 15 is 0 Å². The minimum absolute atomic E-state index is 0.191. The Morgan fingerprint density at radius 2 is 1.57 bits per heavy atom. The van der Waals surface area contributed by atoms with Gasteiger partial charge in [-0.2, -0.15) is 0 Å². The number of nitrogens with two attached hydrogens (primary N) is 2. The van der Waals surface area contributed by atoms with Crippen molar-refractivity contribution >= 4 is 17.8 Å². The second kappa shape index (κ2) is 15.0. The van der Waals surface area contributed by atoms with Crippen molar-refractivity contribution in [3.8, 4) is 5.75 Å². The summed E-state index contributed by atoms with van der Waals surface area (Å²) in [5, 5.41) is 15.0. The zero-order chi connectivity index (χ0) is 28.9. The number of rotatable bonds is 13. The Kier molecular flexibility index (Phi) is 11.2. The maximum absolute atomic E-state index is 14.5. The lowest BCUT2D eigenvalue weighted by Gasteiger charge is -2.34. The predicted octanol–water partition coefficient (Wildman–Crippen LogP) is 2.63. The van der Waals surface area contributed by atoms with Gasteiger partial charge < -0.3 is 21.1 Å². The van der Waals surface area contributed by atoms with Gasteiger partial charge in [0.1, 0.15) is 16.9 Å². The fourth-order valence-corrected chi connectivity index (χ4v) is 4.46. The van der Waals surface area contributed by atoms with Crippen LogP contribution in [0.2, 0.25) is 0 Å². The van der Waals surface area contributed by atoms with Gasteiger partial charge in [0, 0.05) is 6.54 Å². The predicted molar refractivity (Wildman–Crippen MR) is 152 cm³/mol. The first-order valence-electron chi connectivity index (χ1n) is 12.9. The van der Waals surface area contributed by atoms with E-state index in [4.69, 9.17) is 16.2 Å². The Morgan fingerprint density at radius 3 is 2.08 bits per heavy atom. The van der Waals surface area contributed by atoms with E-state index < -0.39 is 28.9 Å². The number of guanidine groups is 1. The maximum atomic E-state index is 14.5. The lowest BCUT2D eigenvalue weighted by Crippen LogP contribution is -2.54. The van der Waals surface area contributed by atoms with Crippen molar-refractivity contribution in [2.24, 2.45) is 16.6 Å². The summed E-state index contributed by atoms with van der Waals surface area (Å²) >= 11 is 0. The van der Waals surface area contributed by atoms with E-state index in [1.54, 1.807) is 7.11 Å². The van der Waals surface area contributed by atoms with Gasteiger partial charge in [-0.25, -0.2) is 10.1 Å². The van der Waals surface area contributed by atoms with Gasteiger partial charge in [0.15, 0.2) is 5.03 Å². The molecule has 3 aromatic rings. The summed E-state index contributed by atoms with van der Waals surface area (Å²) in [6, 6.07) is 25.1. The number of carbonyl (C=O) groups is 2. The SMILES string of the molecule is COc1ccc(CCN(C(=O)C(c2ccccc2)c2ccccc2)[C@@H](CCCN)C(=O)NC(N)=N[N+](=O)[O-])cc1. The van der Waals surface area contributed by atoms with Gasteiger partial charge in [0.25, 0.3) is 5.96 Å². The summed E-state index contributed by atoms with van der Waals surface area (Å²) in [5.41, 5.74) is 13.8. The van der Waals surface area contributed by atoms with Crippen molar-refractivity contribution < 1.29 is 19.4 Å². The van der Waals surface area contributed by atoms with Gasteiger partial charge in [-0.15, -0.1) is 0 Å². The van der Waals surface area contributed by atoms with Crippen LogP contribution >= 0.6 is 0 Å². The lowest BCUT2D eigenvalue weighted by atomic mass is 9.89. The molecule has 1 atom stereocenters. The number of ether oxygens (including phenoxy) is 1. The number of hydrazone groups is 1. The van der Waals surface area contributed by atoms with Gasteiger partial charge in [0.2, 0.25) is 11.8 Å². The Bertz CT molecular complexity index is 1250. The number of nitro groups is 1. The highest BCUT2D eigenvalue weighted by atomic mass is 16.7. The fraction of sp³-hybridized carbons (Fsp3) is 0.276. The molecule has 0 saturated carbocycles. The molecule has 3 rings (SSSR count). The van der Waals surface area contributed by atoms with Crippen LogP contribution in [0.25, 0.3) is 0 Å². The van der Waals surface area contributed by atoms with Crippen molar-refractivity contribution in [3.63, 3.8) is 0 Å². The minimum Gasteiger partial charge on any atom is -0.497 e. The van der Waals surface area contributed by atoms with E-state index in [9.17, 15) is 19.7 Å². The molecule has 0 aliphatic rings. The molecule has 11 nitrogen and oxygen atoms in total. The smallest absolute Gasteiger partial charge is 0.272 e. The molecule has 0 aliphatic carbocycles. The number of nitrogens with one attached hydrogen (secondary N) is 1. The number of hydrogen-bond acceptors (Lipinski definition) is 6. The quantitative estimate of drug-likeness (QED) is 0.128. The standard InChI is InChI=1S/C29H34N6O5/c1-40-24-16-14-21(15-17-24)18-20-34(25(13-8-19-30)27(36)32-29(31)33-35(38)39)28(37)26(22-9-4-2-5-10-22)23-11-6-3-7-12-23/h2-7,9-12,14-17,25-26H,8,13,18-20,30H2,1H3,(H3,31,32,33,36)/t25-/m0/s1. The largest absolute Gasteiger partial charge is 0.497 e. The summed E-state index contributed by atoms with van der Waals surface area (Å²) in [5.74, 6) is -1.65. The Balaban J connectivity index is 2.04. The van der Waals surface area contributed by atoms with E-state index in [1.165, 1.54) is 4.90 Å². The van der Waals surface area contributed by atoms with Crippen molar-refractivity contribution in [3.05, 3.63) is 112 Å². The van der Waals surface area contributed by atoms with E-state index in [0.717, 1.165) is 16.7 Å². The first-order chi connectivity index (χ1) is 19.3. The molecule has 3 aromatic carbocycles. The van der Waals surface area contributed by atoms with E-state index in [-0.39, 0.29) is 25.4 Å². The zero-order valence-corrected chi connectivity index (χ0v) is 22.3. The topological polar surface area (TPSA) is 166 Å². The molecule has 11 heteroatoms. The molecule has 0 bridgehead atoms. The van der Waals surface area contributed by atoms with Gasteiger partial charge in [-0.1, -0.05) is 72.8 Å². The molecule has 0 fully saturated rings. The molecule has 0 spiro atoms. The van der Waals surface area contributed by atoms with Crippen molar-refractivity contribution in [1.82, 2.24) is 10.2 Å². The number of amides is 2. The highest BCUT2D eigenvalue weighted by Gasteiger charge is 2.35. The second-order valence-corrected chi connectivity index (χ2v) is 9.04. The third-order valence-electron chi connectivity index (χ3n) is 6.40. The highest BCUT2D eigenvalue weighted by Crippen LogP contribution is 2.29. The van der Waals surface area contributed by atoms with Gasteiger partial charge in [-0.3, -0.25) is 14.9 Å². The average molecular weight is 547 g/mol. The second-order valence-electron chi connectivity index (χ2n) is 9.04. The molecule has 210 valence electrons. The fourth-order valence-electron chi connectivity index (χ4n) is 4.46. The molecule has 2 amide bonds. The van der Waals surface area contributed by atoms with Crippen LogP contribution in [0.5, 0.6) is 5.75 Å². The van der Waals surface area contributed by atoms with Crippen molar-refractivity contribution in [1.29, 1.82) is 0 Å². The normalized spacial score (nSPS) is 12.0. The number of carbonyl (C=O) groups excluding carboxylic acids is 2. The van der Waals surface area contributed by atoms with Gasteiger partial charge >= 0.3 is 0 Å². The van der Waals surface area contributed by atoms with Crippen LogP contribution < -0.4 is 21.5 Å². The van der Waals surface area contributed by atoms with Crippen molar-refractivity contribution in [2.75, 3.05) is 20.2 Å². The molecular formula is C29H34N6O5. The van der Waals surface area contributed by atoms with Gasteiger partial charge in [-0.05, 0) is 54.6 Å². The third kappa shape index (κ3) is 8.37. The molecule has 0 aromatic heterocycles. The Labute approximate surface area is 233 Å². The molecule has 5 N–H and O–H groups in total. The van der Waals surface area contributed by atoms with Crippen LogP contribution in [0.3, 0.4) is 0 Å². The highest BCUT2D eigenvalue weighted by molar-refractivity contribution is 6.00. The summed E-state index contributed by atoms with van der Waals surface area (Å²) in [4.78, 5) is 40.2. The van der Waals surface area contributed by atoms with Crippen LogP contribution in [0.1, 0.15) is 35.4 Å². The van der Waals surface area contributed by atoms with E-state index in [1.807, 2.05) is 84.9 Å². The number of nitrogens with zero attached hydrogens (tertiary/aromatic N) is 3. The Hall–Kier alpha value is -4.77. The number of benzene rings is 3. The average Bonchev–Trinajstić information content (AvgIpc) is 2.95. The summed E-state index contributed by atoms with van der Waals surface area (Å²) in [6.07, 6.45) is 1.09. The van der Waals surface area contributed by atoms with Crippen LogP contribution in [0.15, 0.2) is 90.0 Å². The maximum Gasteiger partial charge on any atom is 0.272 e. The first kappa shape index (κ1) is 29.8. The van der Waals surface area contributed by atoms with E-state index in [0.29, 0.717) is 18.6 Å². The Morgan fingerprint density at radius 1 is 1.00 bits per heavy atom. The third-order valence-corrected chi connectivity index (χ3v) is 6.40. The zero-order valence-electron chi connectivity index (χ0n) is 22.3. The minimum atomic E-state index is -1.01. The molecule has 0 aliphatic heterocycles. The van der Waals surface area contributed by atoms with E-state index in [2.05, 4.69) is 10.4 Å². The molecule has 0 heterocycles. The molecule has 40 heavy (non-hydrogen) atoms. The van der Waals surface area contributed by atoms with Crippen LogP contribution in [-0.4, -0.2) is 53.9 Å². The van der Waals surface area contributed by atoms with Crippen LogP contribution in [-0.2, 0) is 16.0 Å². The molecule has 0 radical (unpaired) electrons. The summed E-state index contributed by atoms with van der Waals surface area (Å²) in [7, 11) is 1.58. The number of hydrogen-bond donors (Lipinski definition) is 3. The van der Waals surface area contributed by atoms with Crippen LogP contribution in [0.4, 0.5) is 0 Å². The number of methoxy groups -OCH3 is 1. The van der Waals surface area contributed by atoms with Gasteiger partial charge in [0.05, 0.1) is 13.0 Å². The molecular weight excluding hydrogens is 512 g/mol. The monoisotopic (exact) mass is 546 g/mol. The first-order valence-corrected chi connectivity index (χ1v) is 12.9. The lowest BCUT2D eigenvalue weighted by molar-refractivity contribution is -0.485.